The fourth-order valence-corrected chi connectivity index (χ4v) is 1.99. The van der Waals surface area contributed by atoms with Crippen molar-refractivity contribution in [3.63, 3.8) is 0 Å². The topological polar surface area (TPSA) is 104 Å². The summed E-state index contributed by atoms with van der Waals surface area (Å²) in [4.78, 5) is 0. The molecule has 0 unspecified atom stereocenters. The van der Waals surface area contributed by atoms with Crippen LogP contribution >= 0.6 is 0 Å². The van der Waals surface area contributed by atoms with Gasteiger partial charge in [0.05, 0.1) is 0 Å². The lowest BCUT2D eigenvalue weighted by Crippen LogP contribution is -2.06. The van der Waals surface area contributed by atoms with Crippen LogP contribution in [-0.4, -0.2) is 23.2 Å². The molecule has 0 aliphatic rings. The van der Waals surface area contributed by atoms with Crippen molar-refractivity contribution < 1.29 is 27.4 Å². The number of benzene rings is 2. The summed E-state index contributed by atoms with van der Waals surface area (Å²) in [6.45, 7) is 0. The van der Waals surface area contributed by atoms with Gasteiger partial charge in [-0.15, -0.1) is 0 Å². The van der Waals surface area contributed by atoms with Gasteiger partial charge < -0.3 is 14.4 Å². The van der Waals surface area contributed by atoms with E-state index < -0.39 is 10.4 Å². The molecule has 2 rings (SSSR count). The van der Waals surface area contributed by atoms with E-state index in [1.54, 1.807) is 24.3 Å². The van der Waals surface area contributed by atoms with Gasteiger partial charge in [0, 0.05) is 6.07 Å². The van der Waals surface area contributed by atoms with Crippen molar-refractivity contribution in [3.05, 3.63) is 53.6 Å². The van der Waals surface area contributed by atoms with Gasteiger partial charge >= 0.3 is 10.4 Å². The highest BCUT2D eigenvalue weighted by Crippen LogP contribution is 2.24. The van der Waals surface area contributed by atoms with Crippen LogP contribution in [0, 0.1) is 0 Å². The molecule has 3 N–H and O–H groups in total. The van der Waals surface area contributed by atoms with Crippen LogP contribution in [0.4, 0.5) is 0 Å². The summed E-state index contributed by atoms with van der Waals surface area (Å²) in [6, 6.07) is 10.2. The molecule has 6 nitrogen and oxygen atoms in total. The van der Waals surface area contributed by atoms with Crippen LogP contribution in [0.15, 0.2) is 42.5 Å². The Kier molecular flexibility index (Phi) is 4.15. The molecular formula is C14H12O6S. The number of rotatable bonds is 4. The van der Waals surface area contributed by atoms with Crippen LogP contribution in [0.5, 0.6) is 17.2 Å². The first-order valence-electron chi connectivity index (χ1n) is 5.80. The van der Waals surface area contributed by atoms with Gasteiger partial charge in [0.1, 0.15) is 17.2 Å². The quantitative estimate of drug-likeness (QED) is 0.591. The summed E-state index contributed by atoms with van der Waals surface area (Å²) < 4.78 is 34.2. The van der Waals surface area contributed by atoms with Crippen LogP contribution < -0.4 is 4.18 Å². The lowest BCUT2D eigenvalue weighted by Gasteiger charge is -2.04. The molecule has 0 heterocycles. The molecule has 0 bridgehead atoms. The highest BCUT2D eigenvalue weighted by atomic mass is 32.3. The Bertz CT molecular complexity index is 763. The van der Waals surface area contributed by atoms with Crippen molar-refractivity contribution >= 4 is 22.6 Å². The largest absolute Gasteiger partial charge is 0.508 e. The number of hydrogen-bond acceptors (Lipinski definition) is 5. The summed E-state index contributed by atoms with van der Waals surface area (Å²) in [5, 5.41) is 18.7. The Morgan fingerprint density at radius 2 is 1.48 bits per heavy atom. The van der Waals surface area contributed by atoms with Crippen LogP contribution in [0.3, 0.4) is 0 Å². The number of hydrogen-bond donors (Lipinski definition) is 3. The predicted molar refractivity (Wildman–Crippen MR) is 77.3 cm³/mol. The van der Waals surface area contributed by atoms with Crippen LogP contribution in [-0.2, 0) is 10.4 Å². The standard InChI is InChI=1S/C14H12O6S/c15-12-5-3-10(4-6-12)1-2-11-7-13(16)9-14(8-11)20-21(17,18)19/h1-9,15-16H,(H,17,18,19)/b2-1+/i3+1,4+1,5+1,6+1,10+1,12+1. The molecule has 7 heteroatoms. The van der Waals surface area contributed by atoms with Gasteiger partial charge in [-0.25, -0.2) is 0 Å². The minimum atomic E-state index is -4.65. The van der Waals surface area contributed by atoms with Crippen LogP contribution in [0.1, 0.15) is 11.1 Å². The molecule has 110 valence electrons. The highest BCUT2D eigenvalue weighted by Gasteiger charge is 2.08. The second kappa shape index (κ2) is 5.86. The normalized spacial score (nSPS) is 11.7. The van der Waals surface area contributed by atoms with Crippen molar-refractivity contribution in [3.8, 4) is 17.2 Å². The van der Waals surface area contributed by atoms with Gasteiger partial charge in [-0.1, -0.05) is 24.3 Å². The van der Waals surface area contributed by atoms with Crippen molar-refractivity contribution in [2.45, 2.75) is 0 Å². The summed E-state index contributed by atoms with van der Waals surface area (Å²) in [5.41, 5.74) is 1.27. The first-order chi connectivity index (χ1) is 9.82. The number of aromatic hydroxyl groups is 2. The smallest absolute Gasteiger partial charge is 0.446 e. The summed E-state index contributed by atoms with van der Waals surface area (Å²) in [6.07, 6.45) is 3.31. The first kappa shape index (κ1) is 14.9. The van der Waals surface area contributed by atoms with Gasteiger partial charge in [0.2, 0.25) is 0 Å². The summed E-state index contributed by atoms with van der Waals surface area (Å²) in [7, 11) is -4.65. The van der Waals surface area contributed by atoms with Crippen molar-refractivity contribution in [2.75, 3.05) is 0 Å². The third kappa shape index (κ3) is 4.83. The molecule has 0 atom stereocenters. The molecule has 0 aromatic heterocycles. The van der Waals surface area contributed by atoms with E-state index >= 15 is 0 Å². The van der Waals surface area contributed by atoms with Gasteiger partial charge in [-0.3, -0.25) is 4.55 Å². The average molecular weight is 314 g/mol. The fraction of sp³-hybridized carbons (Fsp3) is 0. The van der Waals surface area contributed by atoms with Crippen LogP contribution in [0.2, 0.25) is 0 Å². The zero-order chi connectivity index (χ0) is 15.5. The van der Waals surface area contributed by atoms with E-state index in [1.165, 1.54) is 24.3 Å². The summed E-state index contributed by atoms with van der Waals surface area (Å²) >= 11 is 0. The van der Waals surface area contributed by atoms with E-state index in [9.17, 15) is 13.5 Å². The molecule has 0 aliphatic heterocycles. The second-order valence-electron chi connectivity index (χ2n) is 4.20. The monoisotopic (exact) mass is 314 g/mol. The molecule has 2 aromatic rings. The maximum absolute atomic E-state index is 10.6. The van der Waals surface area contributed by atoms with Crippen molar-refractivity contribution in [1.82, 2.24) is 0 Å². The Balaban J connectivity index is 2.25. The minimum Gasteiger partial charge on any atom is -0.508 e. The molecule has 0 spiro atoms. The van der Waals surface area contributed by atoms with Crippen molar-refractivity contribution in [2.24, 2.45) is 0 Å². The van der Waals surface area contributed by atoms with Crippen LogP contribution in [0.25, 0.3) is 12.2 Å². The molecule has 21 heavy (non-hydrogen) atoms. The van der Waals surface area contributed by atoms with E-state index in [1.807, 2.05) is 0 Å². The number of phenols is 2. The van der Waals surface area contributed by atoms with E-state index in [4.69, 9.17) is 9.66 Å². The molecule has 0 saturated carbocycles. The summed E-state index contributed by atoms with van der Waals surface area (Å²) in [5.74, 6) is -0.266. The maximum Gasteiger partial charge on any atom is 0.446 e. The lowest BCUT2D eigenvalue weighted by atomic mass is 10.2. The molecule has 0 radical (unpaired) electrons. The highest BCUT2D eigenvalue weighted by molar-refractivity contribution is 7.81. The Morgan fingerprint density at radius 1 is 0.857 bits per heavy atom. The lowest BCUT2D eigenvalue weighted by molar-refractivity contribution is 0.385. The SMILES string of the molecule is O=S(=O)(O)Oc1cc(O)cc(/C=C/[13c]2[13cH][13cH][13c](O)[13cH][13cH]2)c1. The van der Waals surface area contributed by atoms with Gasteiger partial charge in [-0.05, 0) is 35.4 Å². The molecule has 0 saturated heterocycles. The fourth-order valence-electron chi connectivity index (χ4n) is 1.65. The van der Waals surface area contributed by atoms with E-state index in [0.29, 0.717) is 5.56 Å². The van der Waals surface area contributed by atoms with Gasteiger partial charge in [0.15, 0.2) is 0 Å². The Morgan fingerprint density at radius 3 is 2.10 bits per heavy atom. The van der Waals surface area contributed by atoms with Gasteiger partial charge in [0.25, 0.3) is 0 Å². The maximum atomic E-state index is 10.6. The zero-order valence-electron chi connectivity index (χ0n) is 10.7. The van der Waals surface area contributed by atoms with Crippen molar-refractivity contribution in [1.29, 1.82) is 0 Å². The minimum absolute atomic E-state index is 0.147. The predicted octanol–water partition coefficient (Wildman–Crippen LogP) is 2.45. The van der Waals surface area contributed by atoms with E-state index in [2.05, 4.69) is 4.18 Å². The average Bonchev–Trinajstić information content (AvgIpc) is 2.35. The van der Waals surface area contributed by atoms with E-state index in [-0.39, 0.29) is 17.2 Å². The van der Waals surface area contributed by atoms with Gasteiger partial charge in [-0.2, -0.15) is 8.42 Å². The second-order valence-corrected chi connectivity index (χ2v) is 5.22. The first-order valence-corrected chi connectivity index (χ1v) is 7.16. The Hall–Kier alpha value is -2.51. The number of phenolic OH excluding ortho intramolecular Hbond substituents is 2. The molecule has 0 amide bonds. The third-order valence-electron chi connectivity index (χ3n) is 2.48. The third-order valence-corrected chi connectivity index (χ3v) is 2.88. The molecule has 0 fully saturated rings. The van der Waals surface area contributed by atoms with E-state index in [0.717, 1.165) is 11.6 Å². The molecule has 2 aromatic carbocycles. The Labute approximate surface area is 121 Å². The molecular weight excluding hydrogens is 302 g/mol. The molecule has 0 aliphatic carbocycles. The zero-order valence-corrected chi connectivity index (χ0v) is 11.5.